The molecule has 3 aromatic rings. The van der Waals surface area contributed by atoms with Crippen molar-refractivity contribution in [1.29, 1.82) is 0 Å². The Labute approximate surface area is 204 Å². The maximum Gasteiger partial charge on any atom is 0.409 e. The first kappa shape index (κ1) is 22.9. The Morgan fingerprint density at radius 3 is 2.43 bits per heavy atom. The van der Waals surface area contributed by atoms with Crippen LogP contribution < -0.4 is 0 Å². The lowest BCUT2D eigenvalue weighted by Crippen LogP contribution is -2.50. The second-order valence-corrected chi connectivity index (χ2v) is 9.27. The van der Waals surface area contributed by atoms with Gasteiger partial charge < -0.3 is 19.6 Å². The van der Waals surface area contributed by atoms with Crippen LogP contribution in [0, 0.1) is 13.8 Å². The summed E-state index contributed by atoms with van der Waals surface area (Å²) in [6.45, 7) is 6.16. The van der Waals surface area contributed by atoms with Crippen molar-refractivity contribution in [3.8, 4) is 17.0 Å². The summed E-state index contributed by atoms with van der Waals surface area (Å²) in [4.78, 5) is 33.8. The summed E-state index contributed by atoms with van der Waals surface area (Å²) < 4.78 is 5.35. The number of carbonyl (C=O) groups excluding carboxylic acids is 2. The molecule has 180 valence electrons. The molecule has 0 atom stereocenters. The Morgan fingerprint density at radius 2 is 1.71 bits per heavy atom. The van der Waals surface area contributed by atoms with Crippen molar-refractivity contribution in [2.24, 2.45) is 0 Å². The van der Waals surface area contributed by atoms with E-state index in [-0.39, 0.29) is 17.7 Å². The van der Waals surface area contributed by atoms with Crippen molar-refractivity contribution in [2.75, 3.05) is 32.8 Å². The van der Waals surface area contributed by atoms with Crippen LogP contribution in [0.2, 0.25) is 0 Å². The van der Waals surface area contributed by atoms with Crippen LogP contribution >= 0.6 is 0 Å². The van der Waals surface area contributed by atoms with Gasteiger partial charge in [0.2, 0.25) is 0 Å². The largest absolute Gasteiger partial charge is 0.508 e. The summed E-state index contributed by atoms with van der Waals surface area (Å²) in [7, 11) is 0. The van der Waals surface area contributed by atoms with Crippen LogP contribution in [-0.2, 0) is 4.74 Å². The minimum atomic E-state index is -0.305. The average Bonchev–Trinajstić information content (AvgIpc) is 3.69. The van der Waals surface area contributed by atoms with E-state index >= 15 is 0 Å². The lowest BCUT2D eigenvalue weighted by atomic mass is 10.0. The molecule has 1 N–H and O–H groups in total. The van der Waals surface area contributed by atoms with Crippen LogP contribution in [0.4, 0.5) is 4.79 Å². The molecule has 1 aliphatic carbocycles. The highest BCUT2D eigenvalue weighted by Crippen LogP contribution is 2.28. The molecule has 35 heavy (non-hydrogen) atoms. The van der Waals surface area contributed by atoms with E-state index in [1.54, 1.807) is 15.9 Å². The van der Waals surface area contributed by atoms with Gasteiger partial charge >= 0.3 is 6.09 Å². The van der Waals surface area contributed by atoms with E-state index in [9.17, 15) is 14.7 Å². The van der Waals surface area contributed by atoms with E-state index in [0.29, 0.717) is 38.3 Å². The molecule has 0 bridgehead atoms. The number of piperazine rings is 1. The number of hydrogen-bond acceptors (Lipinski definition) is 5. The Balaban J connectivity index is 1.28. The van der Waals surface area contributed by atoms with Crippen LogP contribution in [0.15, 0.2) is 54.1 Å². The monoisotopic (exact) mass is 471 g/mol. The fourth-order valence-corrected chi connectivity index (χ4v) is 4.41. The van der Waals surface area contributed by atoms with Crippen molar-refractivity contribution >= 4 is 22.9 Å². The third kappa shape index (κ3) is 4.99. The zero-order valence-electron chi connectivity index (χ0n) is 20.1. The Kier molecular flexibility index (Phi) is 6.16. The van der Waals surface area contributed by atoms with E-state index in [1.807, 2.05) is 50.2 Å². The van der Waals surface area contributed by atoms with Crippen LogP contribution in [0.1, 0.15) is 34.3 Å². The first-order valence-corrected chi connectivity index (χ1v) is 12.0. The molecular weight excluding hydrogens is 442 g/mol. The fourth-order valence-electron chi connectivity index (χ4n) is 4.41. The van der Waals surface area contributed by atoms with Gasteiger partial charge in [0.15, 0.2) is 0 Å². The maximum atomic E-state index is 13.2. The van der Waals surface area contributed by atoms with E-state index in [2.05, 4.69) is 6.08 Å². The smallest absolute Gasteiger partial charge is 0.409 e. The van der Waals surface area contributed by atoms with E-state index < -0.39 is 0 Å². The summed E-state index contributed by atoms with van der Waals surface area (Å²) in [5.41, 5.74) is 6.25. The summed E-state index contributed by atoms with van der Waals surface area (Å²) >= 11 is 0. The number of hydrogen-bond donors (Lipinski definition) is 1. The number of phenols is 1. The topological polar surface area (TPSA) is 83.0 Å². The minimum absolute atomic E-state index is 0.0640. The third-order valence-corrected chi connectivity index (χ3v) is 6.72. The second-order valence-electron chi connectivity index (χ2n) is 9.27. The molecule has 0 unspecified atom stereocenters. The van der Waals surface area contributed by atoms with Crippen LogP contribution in [-0.4, -0.2) is 64.7 Å². The number of phenolic OH excluding ortho intramolecular Hbond substituents is 1. The number of amides is 2. The van der Waals surface area contributed by atoms with Gasteiger partial charge in [-0.1, -0.05) is 17.7 Å². The van der Waals surface area contributed by atoms with Gasteiger partial charge in [0.1, 0.15) is 5.75 Å². The van der Waals surface area contributed by atoms with E-state index in [0.717, 1.165) is 46.1 Å². The zero-order valence-corrected chi connectivity index (χ0v) is 20.1. The van der Waals surface area contributed by atoms with Gasteiger partial charge in [-0.2, -0.15) is 0 Å². The lowest BCUT2D eigenvalue weighted by Gasteiger charge is -2.34. The summed E-state index contributed by atoms with van der Waals surface area (Å²) in [5, 5.41) is 10.8. The van der Waals surface area contributed by atoms with Gasteiger partial charge in [-0.25, -0.2) is 9.78 Å². The van der Waals surface area contributed by atoms with Crippen molar-refractivity contribution in [2.45, 2.75) is 26.7 Å². The quantitative estimate of drug-likeness (QED) is 0.539. The Bertz CT molecular complexity index is 1340. The van der Waals surface area contributed by atoms with Crippen molar-refractivity contribution < 1.29 is 19.4 Å². The number of rotatable bonds is 5. The van der Waals surface area contributed by atoms with Crippen molar-refractivity contribution in [1.82, 2.24) is 14.8 Å². The van der Waals surface area contributed by atoms with Crippen LogP contribution in [0.3, 0.4) is 0 Å². The molecule has 2 aromatic carbocycles. The molecule has 2 aliphatic rings. The zero-order chi connectivity index (χ0) is 24.5. The Hall–Kier alpha value is -3.87. The molecule has 2 amide bonds. The molecule has 5 rings (SSSR count). The normalized spacial score (nSPS) is 15.2. The third-order valence-electron chi connectivity index (χ3n) is 6.72. The van der Waals surface area contributed by atoms with Crippen molar-refractivity contribution in [3.63, 3.8) is 0 Å². The van der Waals surface area contributed by atoms with Crippen LogP contribution in [0.5, 0.6) is 5.75 Å². The highest BCUT2D eigenvalue weighted by molar-refractivity contribution is 5.98. The molecule has 2 heterocycles. The summed E-state index contributed by atoms with van der Waals surface area (Å²) in [6, 6.07) is 13.1. The molecule has 1 fully saturated rings. The Morgan fingerprint density at radius 1 is 0.971 bits per heavy atom. The lowest BCUT2D eigenvalue weighted by molar-refractivity contribution is 0.0563. The highest BCUT2D eigenvalue weighted by Gasteiger charge is 2.26. The number of carbonyl (C=O) groups is 2. The van der Waals surface area contributed by atoms with Gasteiger partial charge in [0.25, 0.3) is 5.91 Å². The van der Waals surface area contributed by atoms with Gasteiger partial charge in [0.05, 0.1) is 17.8 Å². The number of allylic oxidation sites excluding steroid dienone is 1. The first-order chi connectivity index (χ1) is 16.9. The minimum Gasteiger partial charge on any atom is -0.508 e. The van der Waals surface area contributed by atoms with Crippen molar-refractivity contribution in [3.05, 3.63) is 70.8 Å². The van der Waals surface area contributed by atoms with Gasteiger partial charge in [-0.15, -0.1) is 0 Å². The summed E-state index contributed by atoms with van der Waals surface area (Å²) in [6.07, 6.45) is 3.69. The number of nitrogens with zero attached hydrogens (tertiary/aromatic N) is 3. The molecule has 7 heteroatoms. The van der Waals surface area contributed by atoms with E-state index in [1.165, 1.54) is 5.57 Å². The number of fused-ring (bicyclic) bond motifs is 1. The maximum absolute atomic E-state index is 13.2. The van der Waals surface area contributed by atoms with Crippen LogP contribution in [0.25, 0.3) is 22.2 Å². The molecule has 7 nitrogen and oxygen atoms in total. The fraction of sp³-hybridized carbons (Fsp3) is 0.321. The number of benzene rings is 2. The number of pyridine rings is 1. The first-order valence-electron chi connectivity index (χ1n) is 12.0. The van der Waals surface area contributed by atoms with E-state index in [4.69, 9.17) is 9.72 Å². The average molecular weight is 472 g/mol. The molecule has 0 spiro atoms. The second kappa shape index (κ2) is 9.41. The molecular formula is C28H29N3O4. The molecule has 1 aliphatic heterocycles. The number of ether oxygens (including phenoxy) is 1. The molecule has 0 radical (unpaired) electrons. The predicted molar refractivity (Wildman–Crippen MR) is 134 cm³/mol. The predicted octanol–water partition coefficient (Wildman–Crippen LogP) is 4.84. The number of aryl methyl sites for hydroxylation is 2. The van der Waals surface area contributed by atoms with Gasteiger partial charge in [0, 0.05) is 49.1 Å². The summed E-state index contributed by atoms with van der Waals surface area (Å²) in [5.74, 6) is 0.189. The van der Waals surface area contributed by atoms with Gasteiger partial charge in [-0.05, 0) is 67.8 Å². The molecule has 0 saturated carbocycles. The highest BCUT2D eigenvalue weighted by atomic mass is 16.6. The number of aromatic nitrogens is 1. The molecule has 1 aromatic heterocycles. The standard InChI is InChI=1S/C28H29N3O4/c1-18-16-24(21-6-8-26(32)19(2)15-21)29-25-17-22(5-7-23(18)25)27(33)30-10-12-31(13-11-30)28(34)35-14-9-20-3-4-20/h3,5-8,15-17,32H,4,9-14H2,1-2H3. The molecule has 1 saturated heterocycles. The van der Waals surface area contributed by atoms with Gasteiger partial charge in [-0.3, -0.25) is 4.79 Å². The SMILES string of the molecule is Cc1cc(-c2cc(C)c3ccc(C(=O)N4CCN(C(=O)OCCC5=CC5)CC4)cc3n2)ccc1O. The number of aromatic hydroxyl groups is 1.